The van der Waals surface area contributed by atoms with Gasteiger partial charge in [-0.3, -0.25) is 0 Å². The second kappa shape index (κ2) is 7.41. The minimum absolute atomic E-state index is 0.592. The molecule has 0 saturated carbocycles. The Labute approximate surface area is 167 Å². The number of rotatable bonds is 4. The molecule has 146 valence electrons. The second-order valence-corrected chi connectivity index (χ2v) is 7.18. The average molecular weight is 385 g/mol. The molecular formula is C23H23N5O. The summed E-state index contributed by atoms with van der Waals surface area (Å²) in [5, 5.41) is 4.09. The number of ether oxygens (including phenoxy) is 1. The zero-order chi connectivity index (χ0) is 19.6. The molecule has 0 aromatic carbocycles. The van der Waals surface area contributed by atoms with Crippen molar-refractivity contribution in [3.63, 3.8) is 0 Å². The lowest BCUT2D eigenvalue weighted by Crippen LogP contribution is -2.10. The second-order valence-electron chi connectivity index (χ2n) is 7.18. The van der Waals surface area contributed by atoms with E-state index in [9.17, 15) is 0 Å². The Morgan fingerprint density at radius 3 is 1.86 bits per heavy atom. The van der Waals surface area contributed by atoms with Crippen LogP contribution in [0.2, 0.25) is 0 Å². The fourth-order valence-electron chi connectivity index (χ4n) is 3.49. The minimum atomic E-state index is 0.592. The first kappa shape index (κ1) is 17.5. The van der Waals surface area contributed by atoms with Crippen molar-refractivity contribution in [2.24, 2.45) is 5.73 Å². The molecule has 0 atom stereocenters. The normalized spacial score (nSPS) is 12.4. The van der Waals surface area contributed by atoms with Crippen molar-refractivity contribution < 1.29 is 4.74 Å². The van der Waals surface area contributed by atoms with Gasteiger partial charge in [-0.15, -0.1) is 0 Å². The van der Waals surface area contributed by atoms with Crippen molar-refractivity contribution >= 4 is 24.3 Å². The van der Waals surface area contributed by atoms with Gasteiger partial charge in [0.2, 0.25) is 0 Å². The third-order valence-corrected chi connectivity index (χ3v) is 4.86. The van der Waals surface area contributed by atoms with Crippen LogP contribution in [-0.4, -0.2) is 33.1 Å². The van der Waals surface area contributed by atoms with E-state index in [0.29, 0.717) is 13.2 Å². The fourth-order valence-corrected chi connectivity index (χ4v) is 3.49. The van der Waals surface area contributed by atoms with Crippen LogP contribution >= 0.6 is 0 Å². The van der Waals surface area contributed by atoms with Gasteiger partial charge in [-0.2, -0.15) is 0 Å². The molecule has 5 heterocycles. The van der Waals surface area contributed by atoms with Crippen LogP contribution in [0.1, 0.15) is 29.2 Å². The summed E-state index contributed by atoms with van der Waals surface area (Å²) in [7, 11) is 0. The first-order valence-electron chi connectivity index (χ1n) is 9.77. The largest absolute Gasteiger partial charge is 0.491 e. The number of hydrogen-bond acceptors (Lipinski definition) is 2. The molecule has 4 aromatic heterocycles. The van der Waals surface area contributed by atoms with Crippen LogP contribution in [0.25, 0.3) is 24.3 Å². The Bertz CT molecular complexity index is 1380. The van der Waals surface area contributed by atoms with E-state index in [1.807, 2.05) is 6.07 Å². The lowest BCUT2D eigenvalue weighted by atomic mass is 10.3. The van der Waals surface area contributed by atoms with E-state index in [0.717, 1.165) is 56.3 Å². The van der Waals surface area contributed by atoms with Gasteiger partial charge in [0.05, 0.1) is 12.3 Å². The Balaban J connectivity index is 1.69. The maximum absolute atomic E-state index is 5.97. The molecule has 4 aromatic rings. The average Bonchev–Trinajstić information content (AvgIpc) is 3.47. The Morgan fingerprint density at radius 2 is 1.24 bits per heavy atom. The lowest BCUT2D eigenvalue weighted by molar-refractivity contribution is 0.313. The highest BCUT2D eigenvalue weighted by atomic mass is 16.5. The Kier molecular flexibility index (Phi) is 4.46. The van der Waals surface area contributed by atoms with Crippen LogP contribution in [0.4, 0.5) is 0 Å². The maximum atomic E-state index is 5.97. The number of nitrogens with one attached hydrogen (secondary N) is 4. The number of fused-ring (bicyclic) bond motifs is 8. The summed E-state index contributed by atoms with van der Waals surface area (Å²) in [6.07, 6.45) is 9.14. The van der Waals surface area contributed by atoms with Crippen molar-refractivity contribution in [1.82, 2.24) is 19.9 Å². The first-order chi connectivity index (χ1) is 14.2. The van der Waals surface area contributed by atoms with Crippen molar-refractivity contribution in [2.45, 2.75) is 6.42 Å². The monoisotopic (exact) mass is 385 g/mol. The highest BCUT2D eigenvalue weighted by molar-refractivity contribution is 5.60. The van der Waals surface area contributed by atoms with Crippen molar-refractivity contribution in [2.75, 3.05) is 13.2 Å². The molecule has 1 aliphatic heterocycles. The highest BCUT2D eigenvalue weighted by Crippen LogP contribution is 2.21. The number of H-pyrrole nitrogens is 4. The SMILES string of the molecule is NCCCOc1cc2[nH]c1C=c1ccc([nH]1)=Cc1ccc([nH]1)C=c1ccc([nH]1)=C2. The van der Waals surface area contributed by atoms with Gasteiger partial charge < -0.3 is 30.4 Å². The third kappa shape index (κ3) is 3.83. The topological polar surface area (TPSA) is 98.4 Å². The number of nitrogens with two attached hydrogens (primary N) is 1. The van der Waals surface area contributed by atoms with Gasteiger partial charge >= 0.3 is 0 Å². The van der Waals surface area contributed by atoms with E-state index in [-0.39, 0.29) is 0 Å². The third-order valence-electron chi connectivity index (χ3n) is 4.86. The molecule has 5 rings (SSSR count). The predicted molar refractivity (Wildman–Crippen MR) is 115 cm³/mol. The molecule has 8 bridgehead atoms. The summed E-state index contributed by atoms with van der Waals surface area (Å²) in [4.78, 5) is 13.7. The zero-order valence-electron chi connectivity index (χ0n) is 16.0. The molecule has 6 nitrogen and oxygen atoms in total. The molecule has 6 N–H and O–H groups in total. The van der Waals surface area contributed by atoms with E-state index in [1.165, 1.54) is 0 Å². The molecule has 1 aliphatic rings. The maximum Gasteiger partial charge on any atom is 0.144 e. The fraction of sp³-hybridized carbons (Fsp3) is 0.130. The number of aromatic amines is 4. The summed E-state index contributed by atoms with van der Waals surface area (Å²) in [6.45, 7) is 1.20. The smallest absolute Gasteiger partial charge is 0.144 e. The first-order valence-corrected chi connectivity index (χ1v) is 9.77. The molecule has 0 amide bonds. The molecule has 0 unspecified atom stereocenters. The van der Waals surface area contributed by atoms with E-state index in [2.05, 4.69) is 80.6 Å². The molecule has 29 heavy (non-hydrogen) atoms. The molecule has 0 fully saturated rings. The van der Waals surface area contributed by atoms with E-state index in [1.54, 1.807) is 0 Å². The minimum Gasteiger partial charge on any atom is -0.491 e. The summed E-state index contributed by atoms with van der Waals surface area (Å²) >= 11 is 0. The van der Waals surface area contributed by atoms with Crippen LogP contribution in [0.15, 0.2) is 42.5 Å². The van der Waals surface area contributed by atoms with Gasteiger partial charge in [-0.05, 0) is 73.7 Å². The van der Waals surface area contributed by atoms with Gasteiger partial charge in [0.25, 0.3) is 0 Å². The van der Waals surface area contributed by atoms with Crippen LogP contribution < -0.4 is 31.9 Å². The van der Waals surface area contributed by atoms with Crippen LogP contribution in [0, 0.1) is 0 Å². The predicted octanol–water partition coefficient (Wildman–Crippen LogP) is 0.355. The molecule has 0 saturated heterocycles. The van der Waals surface area contributed by atoms with Gasteiger partial charge in [0.15, 0.2) is 0 Å². The van der Waals surface area contributed by atoms with Crippen LogP contribution in [-0.2, 0) is 0 Å². The summed E-state index contributed by atoms with van der Waals surface area (Å²) in [5.74, 6) is 0.820. The van der Waals surface area contributed by atoms with Crippen LogP contribution in [0.3, 0.4) is 0 Å². The quantitative estimate of drug-likeness (QED) is 0.289. The Hall–Kier alpha value is -3.64. The van der Waals surface area contributed by atoms with Gasteiger partial charge in [-0.1, -0.05) is 0 Å². The molecule has 0 aliphatic carbocycles. The molecular weight excluding hydrogens is 362 g/mol. The van der Waals surface area contributed by atoms with Crippen molar-refractivity contribution in [3.8, 4) is 5.75 Å². The lowest BCUT2D eigenvalue weighted by Gasteiger charge is -2.03. The Morgan fingerprint density at radius 1 is 0.655 bits per heavy atom. The van der Waals surface area contributed by atoms with Gasteiger partial charge in [-0.25, -0.2) is 0 Å². The molecule has 6 heteroatoms. The summed E-state index contributed by atoms with van der Waals surface area (Å²) in [5.41, 5.74) is 9.60. The summed E-state index contributed by atoms with van der Waals surface area (Å²) < 4.78 is 5.97. The van der Waals surface area contributed by atoms with E-state index < -0.39 is 0 Å². The van der Waals surface area contributed by atoms with E-state index >= 15 is 0 Å². The highest BCUT2D eigenvalue weighted by Gasteiger charge is 2.07. The van der Waals surface area contributed by atoms with Crippen molar-refractivity contribution in [3.05, 3.63) is 86.6 Å². The number of aromatic nitrogens is 4. The molecule has 0 radical (unpaired) electrons. The van der Waals surface area contributed by atoms with Gasteiger partial charge in [0, 0.05) is 44.5 Å². The van der Waals surface area contributed by atoms with Gasteiger partial charge in [0.1, 0.15) is 5.75 Å². The number of hydrogen-bond donors (Lipinski definition) is 5. The van der Waals surface area contributed by atoms with E-state index in [4.69, 9.17) is 10.5 Å². The van der Waals surface area contributed by atoms with Crippen molar-refractivity contribution in [1.29, 1.82) is 0 Å². The summed E-state index contributed by atoms with van der Waals surface area (Å²) in [6, 6.07) is 14.4. The van der Waals surface area contributed by atoms with Crippen LogP contribution in [0.5, 0.6) is 5.75 Å². The standard InChI is InChI=1S/C23H23N5O/c24-8-1-9-29-23-14-21-12-19-5-4-17(26-19)10-15-2-3-16(25-15)11-18-6-7-20(27-18)13-22(23)28-21/h2-7,10-14,25-28H,1,8-9,24H2. The molecule has 0 spiro atoms. The zero-order valence-corrected chi connectivity index (χ0v) is 16.0.